The van der Waals surface area contributed by atoms with Crippen LogP contribution in [0.15, 0.2) is 30.6 Å². The average Bonchev–Trinajstić information content (AvgIpc) is 2.91. The van der Waals surface area contributed by atoms with Crippen molar-refractivity contribution in [2.24, 2.45) is 0 Å². The normalized spacial score (nSPS) is 13.6. The lowest BCUT2D eigenvalue weighted by molar-refractivity contribution is -0.141. The summed E-state index contributed by atoms with van der Waals surface area (Å²) in [6.07, 6.45) is 1.86. The van der Waals surface area contributed by atoms with E-state index in [0.717, 1.165) is 5.82 Å². The predicted octanol–water partition coefficient (Wildman–Crippen LogP) is 1.65. The molecule has 0 unspecified atom stereocenters. The number of hydrogen-bond donors (Lipinski definition) is 2. The Hall–Kier alpha value is -1.92. The van der Waals surface area contributed by atoms with Crippen molar-refractivity contribution in [1.29, 1.82) is 0 Å². The second-order valence-corrected chi connectivity index (χ2v) is 5.49. The number of nitrogens with one attached hydrogen (secondary N) is 1. The highest BCUT2D eigenvalue weighted by atomic mass is 35.5. The van der Waals surface area contributed by atoms with Crippen LogP contribution in [0.5, 0.6) is 0 Å². The smallest absolute Gasteiger partial charge is 0.256 e. The van der Waals surface area contributed by atoms with E-state index >= 15 is 0 Å². The first-order chi connectivity index (χ1) is 10.5. The van der Waals surface area contributed by atoms with Gasteiger partial charge in [0.2, 0.25) is 0 Å². The van der Waals surface area contributed by atoms with Gasteiger partial charge in [0.1, 0.15) is 12.2 Å². The van der Waals surface area contributed by atoms with Crippen molar-refractivity contribution < 1.29 is 9.90 Å². The highest BCUT2D eigenvalue weighted by Crippen LogP contribution is 2.27. The van der Waals surface area contributed by atoms with Gasteiger partial charge in [-0.1, -0.05) is 30.7 Å². The largest absolute Gasteiger partial charge is 0.375 e. The lowest BCUT2D eigenvalue weighted by Crippen LogP contribution is -2.45. The molecule has 2 rings (SSSR count). The standard InChI is InChI=1S/C15H19ClN4O2/c1-3-15(22,12-5-4-6-13(16)9-12)14(21)17-7-8-20-10-18-19-11(20)2/h4-6,9-10,22H,3,7-8H2,1-2H3,(H,17,21)/t15-/m1/s1. The molecule has 1 aromatic carbocycles. The molecule has 0 saturated heterocycles. The predicted molar refractivity (Wildman–Crippen MR) is 83.4 cm³/mol. The Kier molecular flexibility index (Phi) is 5.15. The Morgan fingerprint density at radius 3 is 2.86 bits per heavy atom. The summed E-state index contributed by atoms with van der Waals surface area (Å²) in [5, 5.41) is 21.6. The number of carbonyl (C=O) groups is 1. The first kappa shape index (κ1) is 16.5. The third-order valence-electron chi connectivity index (χ3n) is 3.64. The van der Waals surface area contributed by atoms with Crippen LogP contribution in [-0.4, -0.2) is 32.3 Å². The number of nitrogens with zero attached hydrogens (tertiary/aromatic N) is 3. The van der Waals surface area contributed by atoms with Gasteiger partial charge in [-0.05, 0) is 31.0 Å². The molecule has 0 spiro atoms. The second-order valence-electron chi connectivity index (χ2n) is 5.05. The Bertz CT molecular complexity index is 658. The fourth-order valence-electron chi connectivity index (χ4n) is 2.21. The number of amides is 1. The zero-order chi connectivity index (χ0) is 16.2. The molecule has 2 aromatic rings. The number of carbonyl (C=O) groups excluding carboxylic acids is 1. The number of rotatable bonds is 6. The third-order valence-corrected chi connectivity index (χ3v) is 3.87. The molecule has 0 bridgehead atoms. The van der Waals surface area contributed by atoms with E-state index in [2.05, 4.69) is 15.5 Å². The quantitative estimate of drug-likeness (QED) is 0.847. The van der Waals surface area contributed by atoms with Crippen molar-refractivity contribution in [1.82, 2.24) is 20.1 Å². The van der Waals surface area contributed by atoms with Crippen LogP contribution in [0.3, 0.4) is 0 Å². The molecule has 0 radical (unpaired) electrons. The van der Waals surface area contributed by atoms with Crippen molar-refractivity contribution >= 4 is 17.5 Å². The highest BCUT2D eigenvalue weighted by molar-refractivity contribution is 6.30. The van der Waals surface area contributed by atoms with Gasteiger partial charge in [0.15, 0.2) is 5.60 Å². The lowest BCUT2D eigenvalue weighted by atomic mass is 9.90. The van der Waals surface area contributed by atoms with Gasteiger partial charge in [0.25, 0.3) is 5.91 Å². The topological polar surface area (TPSA) is 80.0 Å². The molecule has 118 valence electrons. The van der Waals surface area contributed by atoms with Crippen LogP contribution in [0, 0.1) is 6.92 Å². The lowest BCUT2D eigenvalue weighted by Gasteiger charge is -2.26. The number of aliphatic hydroxyl groups is 1. The van der Waals surface area contributed by atoms with Crippen molar-refractivity contribution in [3.8, 4) is 0 Å². The summed E-state index contributed by atoms with van der Waals surface area (Å²) in [7, 11) is 0. The van der Waals surface area contributed by atoms with Gasteiger partial charge in [-0.25, -0.2) is 0 Å². The van der Waals surface area contributed by atoms with Crippen LogP contribution in [0.25, 0.3) is 0 Å². The van der Waals surface area contributed by atoms with Gasteiger partial charge < -0.3 is 15.0 Å². The summed E-state index contributed by atoms with van der Waals surface area (Å²) in [5.41, 5.74) is -1.10. The average molecular weight is 323 g/mol. The van der Waals surface area contributed by atoms with Crippen LogP contribution in [0.4, 0.5) is 0 Å². The minimum Gasteiger partial charge on any atom is -0.375 e. The van der Waals surface area contributed by atoms with Crippen LogP contribution in [-0.2, 0) is 16.9 Å². The zero-order valence-electron chi connectivity index (χ0n) is 12.6. The van der Waals surface area contributed by atoms with Crippen molar-refractivity contribution in [3.05, 3.63) is 47.0 Å². The van der Waals surface area contributed by atoms with Gasteiger partial charge in [-0.15, -0.1) is 10.2 Å². The first-order valence-corrected chi connectivity index (χ1v) is 7.46. The van der Waals surface area contributed by atoms with E-state index in [1.165, 1.54) is 0 Å². The van der Waals surface area contributed by atoms with Gasteiger partial charge in [-0.2, -0.15) is 0 Å². The van der Waals surface area contributed by atoms with E-state index in [1.807, 2.05) is 11.5 Å². The summed E-state index contributed by atoms with van der Waals surface area (Å²) in [6.45, 7) is 4.51. The maximum absolute atomic E-state index is 12.4. The fourth-order valence-corrected chi connectivity index (χ4v) is 2.40. The van der Waals surface area contributed by atoms with Gasteiger partial charge in [-0.3, -0.25) is 4.79 Å². The molecule has 0 aliphatic carbocycles. The van der Waals surface area contributed by atoms with Crippen molar-refractivity contribution in [2.45, 2.75) is 32.4 Å². The Balaban J connectivity index is 2.04. The molecule has 7 heteroatoms. The minimum absolute atomic E-state index is 0.255. The van der Waals surface area contributed by atoms with E-state index in [0.29, 0.717) is 23.7 Å². The molecule has 0 aliphatic rings. The van der Waals surface area contributed by atoms with Gasteiger partial charge in [0, 0.05) is 18.1 Å². The van der Waals surface area contributed by atoms with Crippen LogP contribution in [0.1, 0.15) is 24.7 Å². The van der Waals surface area contributed by atoms with E-state index in [9.17, 15) is 9.90 Å². The molecule has 1 atom stereocenters. The molecule has 1 amide bonds. The van der Waals surface area contributed by atoms with Crippen LogP contribution >= 0.6 is 11.6 Å². The van der Waals surface area contributed by atoms with E-state index in [-0.39, 0.29) is 6.42 Å². The Morgan fingerprint density at radius 1 is 1.50 bits per heavy atom. The Labute approximate surface area is 134 Å². The second kappa shape index (κ2) is 6.89. The van der Waals surface area contributed by atoms with E-state index in [1.54, 1.807) is 37.5 Å². The fraction of sp³-hybridized carbons (Fsp3) is 0.400. The van der Waals surface area contributed by atoms with Gasteiger partial charge in [0.05, 0.1) is 0 Å². The third kappa shape index (κ3) is 3.45. The number of aromatic nitrogens is 3. The van der Waals surface area contributed by atoms with E-state index in [4.69, 9.17) is 11.6 Å². The van der Waals surface area contributed by atoms with Crippen molar-refractivity contribution in [3.63, 3.8) is 0 Å². The minimum atomic E-state index is -1.59. The maximum Gasteiger partial charge on any atom is 0.256 e. The summed E-state index contributed by atoms with van der Waals surface area (Å²) >= 11 is 5.94. The molecule has 6 nitrogen and oxygen atoms in total. The first-order valence-electron chi connectivity index (χ1n) is 7.08. The SMILES string of the molecule is CC[C@](O)(C(=O)NCCn1cnnc1C)c1cccc(Cl)c1. The van der Waals surface area contributed by atoms with Gasteiger partial charge >= 0.3 is 0 Å². The molecule has 0 aliphatic heterocycles. The Morgan fingerprint density at radius 2 is 2.27 bits per heavy atom. The molecule has 0 saturated carbocycles. The van der Waals surface area contributed by atoms with E-state index < -0.39 is 11.5 Å². The summed E-state index contributed by atoms with van der Waals surface area (Å²) in [6, 6.07) is 6.72. The van der Waals surface area contributed by atoms with Crippen LogP contribution in [0.2, 0.25) is 5.02 Å². The number of halogens is 1. The number of benzene rings is 1. The molecule has 1 heterocycles. The molecule has 22 heavy (non-hydrogen) atoms. The summed E-state index contributed by atoms with van der Waals surface area (Å²) < 4.78 is 1.82. The molecular weight excluding hydrogens is 304 g/mol. The monoisotopic (exact) mass is 322 g/mol. The van der Waals surface area contributed by atoms with Crippen LogP contribution < -0.4 is 5.32 Å². The number of aryl methyl sites for hydroxylation is 1. The molecular formula is C15H19ClN4O2. The number of hydrogen-bond acceptors (Lipinski definition) is 4. The highest BCUT2D eigenvalue weighted by Gasteiger charge is 2.35. The zero-order valence-corrected chi connectivity index (χ0v) is 13.3. The summed E-state index contributed by atoms with van der Waals surface area (Å²) in [5.74, 6) is 0.331. The molecule has 0 fully saturated rings. The van der Waals surface area contributed by atoms with Crippen molar-refractivity contribution in [2.75, 3.05) is 6.54 Å². The molecule has 1 aromatic heterocycles. The maximum atomic E-state index is 12.4. The summed E-state index contributed by atoms with van der Waals surface area (Å²) in [4.78, 5) is 12.4. The molecule has 2 N–H and O–H groups in total.